The Balaban J connectivity index is 2.08. The summed E-state index contributed by atoms with van der Waals surface area (Å²) >= 11 is 0. The highest BCUT2D eigenvalue weighted by molar-refractivity contribution is 5.75. The van der Waals surface area contributed by atoms with Gasteiger partial charge in [0.1, 0.15) is 5.76 Å². The summed E-state index contributed by atoms with van der Waals surface area (Å²) in [4.78, 5) is 30.1. The molecule has 0 amide bonds. The molecule has 0 saturated heterocycles. The highest BCUT2D eigenvalue weighted by Crippen LogP contribution is 2.19. The second-order valence-electron chi connectivity index (χ2n) is 6.31. The molecule has 0 spiro atoms. The zero-order valence-corrected chi connectivity index (χ0v) is 14.5. The highest BCUT2D eigenvalue weighted by Gasteiger charge is 2.21. The van der Waals surface area contributed by atoms with Crippen molar-refractivity contribution in [2.75, 3.05) is 0 Å². The second-order valence-corrected chi connectivity index (χ2v) is 6.31. The van der Waals surface area contributed by atoms with Crippen molar-refractivity contribution in [2.24, 2.45) is 7.05 Å². The molecule has 4 rings (SSSR count). The van der Waals surface area contributed by atoms with E-state index in [0.29, 0.717) is 22.8 Å². The number of imidazole rings is 1. The molecule has 7 heteroatoms. The van der Waals surface area contributed by atoms with Gasteiger partial charge in [-0.1, -0.05) is 24.3 Å². The van der Waals surface area contributed by atoms with Gasteiger partial charge in [0.15, 0.2) is 11.2 Å². The summed E-state index contributed by atoms with van der Waals surface area (Å²) in [6.07, 6.45) is 0. The molecule has 0 unspecified atom stereocenters. The van der Waals surface area contributed by atoms with Gasteiger partial charge in [0.25, 0.3) is 5.56 Å². The maximum Gasteiger partial charge on any atom is 0.332 e. The first-order valence-electron chi connectivity index (χ1n) is 8.02. The lowest BCUT2D eigenvalue weighted by Crippen LogP contribution is -2.39. The van der Waals surface area contributed by atoms with Crippen molar-refractivity contribution in [3.63, 3.8) is 0 Å². The lowest BCUT2D eigenvalue weighted by atomic mass is 10.1. The Morgan fingerprint density at radius 3 is 2.56 bits per heavy atom. The average Bonchev–Trinajstić information content (AvgIpc) is 3.08. The van der Waals surface area contributed by atoms with E-state index >= 15 is 0 Å². The minimum Gasteiger partial charge on any atom is -0.428 e. The van der Waals surface area contributed by atoms with E-state index < -0.39 is 5.69 Å². The van der Waals surface area contributed by atoms with E-state index in [1.807, 2.05) is 45.0 Å². The van der Waals surface area contributed by atoms with E-state index in [2.05, 4.69) is 4.98 Å². The standard InChI is InChI=1S/C18H18N4O3/c1-10-7-5-6-8-13(10)9-21-16(23)14-15(20(4)18(21)24)19-17-22(14)11(2)12(3)25-17/h5-8H,9H2,1-4H3. The normalized spacial score (nSPS) is 11.7. The Morgan fingerprint density at radius 1 is 1.12 bits per heavy atom. The fourth-order valence-corrected chi connectivity index (χ4v) is 3.15. The first-order chi connectivity index (χ1) is 11.9. The topological polar surface area (TPSA) is 74.4 Å². The van der Waals surface area contributed by atoms with Crippen LogP contribution in [-0.2, 0) is 13.6 Å². The van der Waals surface area contributed by atoms with Crippen LogP contribution in [0.25, 0.3) is 17.0 Å². The smallest absolute Gasteiger partial charge is 0.332 e. The monoisotopic (exact) mass is 338 g/mol. The van der Waals surface area contributed by atoms with E-state index in [4.69, 9.17) is 4.42 Å². The van der Waals surface area contributed by atoms with Gasteiger partial charge in [-0.15, -0.1) is 0 Å². The number of aromatic nitrogens is 4. The van der Waals surface area contributed by atoms with Crippen molar-refractivity contribution in [1.29, 1.82) is 0 Å². The molecule has 128 valence electrons. The van der Waals surface area contributed by atoms with Gasteiger partial charge < -0.3 is 4.42 Å². The van der Waals surface area contributed by atoms with E-state index in [9.17, 15) is 9.59 Å². The third kappa shape index (κ3) is 2.08. The summed E-state index contributed by atoms with van der Waals surface area (Å²) < 4.78 is 9.93. The predicted octanol–water partition coefficient (Wildman–Crippen LogP) is 1.91. The summed E-state index contributed by atoms with van der Waals surface area (Å²) in [5.74, 6) is 1.02. The Labute approximate surface area is 142 Å². The number of rotatable bonds is 2. The van der Waals surface area contributed by atoms with Gasteiger partial charge in [-0.2, -0.15) is 4.98 Å². The number of hydrogen-bond donors (Lipinski definition) is 0. The molecular weight excluding hydrogens is 320 g/mol. The average molecular weight is 338 g/mol. The molecule has 0 aliphatic carbocycles. The van der Waals surface area contributed by atoms with Crippen LogP contribution in [0.4, 0.5) is 0 Å². The Kier molecular flexibility index (Phi) is 3.21. The second kappa shape index (κ2) is 5.20. The number of nitrogens with zero attached hydrogens (tertiary/aromatic N) is 4. The van der Waals surface area contributed by atoms with Crippen molar-refractivity contribution in [3.05, 3.63) is 67.7 Å². The van der Waals surface area contributed by atoms with Crippen LogP contribution in [0.2, 0.25) is 0 Å². The molecule has 0 atom stereocenters. The Morgan fingerprint density at radius 2 is 1.84 bits per heavy atom. The molecule has 0 fully saturated rings. The van der Waals surface area contributed by atoms with Crippen LogP contribution in [0.15, 0.2) is 38.3 Å². The zero-order valence-electron chi connectivity index (χ0n) is 14.5. The molecule has 4 aromatic rings. The minimum atomic E-state index is -0.393. The number of oxazole rings is 1. The van der Waals surface area contributed by atoms with Gasteiger partial charge in [-0.3, -0.25) is 18.3 Å². The molecular formula is C18H18N4O3. The van der Waals surface area contributed by atoms with Crippen LogP contribution in [-0.4, -0.2) is 18.5 Å². The maximum atomic E-state index is 13.1. The number of benzene rings is 1. The molecule has 0 radical (unpaired) electrons. The Hall–Kier alpha value is -3.09. The highest BCUT2D eigenvalue weighted by atomic mass is 16.4. The van der Waals surface area contributed by atoms with E-state index in [0.717, 1.165) is 16.8 Å². The molecule has 7 nitrogen and oxygen atoms in total. The first kappa shape index (κ1) is 15.4. The van der Waals surface area contributed by atoms with Crippen LogP contribution in [0.1, 0.15) is 22.6 Å². The first-order valence-corrected chi connectivity index (χ1v) is 8.02. The molecule has 0 N–H and O–H groups in total. The molecule has 1 aromatic carbocycles. The summed E-state index contributed by atoms with van der Waals surface area (Å²) in [5, 5.41) is 0. The molecule has 0 saturated carbocycles. The molecule has 3 aromatic heterocycles. The van der Waals surface area contributed by atoms with Crippen molar-refractivity contribution >= 4 is 17.0 Å². The van der Waals surface area contributed by atoms with Gasteiger partial charge in [0, 0.05) is 7.05 Å². The predicted molar refractivity (Wildman–Crippen MR) is 94.2 cm³/mol. The Bertz CT molecular complexity index is 1250. The van der Waals surface area contributed by atoms with E-state index in [-0.39, 0.29) is 12.1 Å². The largest absolute Gasteiger partial charge is 0.428 e. The summed E-state index contributed by atoms with van der Waals surface area (Å²) in [7, 11) is 1.62. The fourth-order valence-electron chi connectivity index (χ4n) is 3.15. The lowest BCUT2D eigenvalue weighted by Gasteiger charge is -2.10. The van der Waals surface area contributed by atoms with Gasteiger partial charge in [-0.05, 0) is 31.9 Å². The molecule has 0 aliphatic rings. The lowest BCUT2D eigenvalue weighted by molar-refractivity contribution is 0.561. The molecule has 0 aliphatic heterocycles. The summed E-state index contributed by atoms with van der Waals surface area (Å²) in [6, 6.07) is 7.71. The summed E-state index contributed by atoms with van der Waals surface area (Å²) in [6.45, 7) is 5.87. The van der Waals surface area contributed by atoms with Gasteiger partial charge in [0.2, 0.25) is 0 Å². The maximum absolute atomic E-state index is 13.1. The third-order valence-electron chi connectivity index (χ3n) is 4.79. The van der Waals surface area contributed by atoms with Crippen LogP contribution >= 0.6 is 0 Å². The van der Waals surface area contributed by atoms with Crippen LogP contribution in [0.5, 0.6) is 0 Å². The quantitative estimate of drug-likeness (QED) is 0.560. The van der Waals surface area contributed by atoms with Crippen LogP contribution in [0.3, 0.4) is 0 Å². The van der Waals surface area contributed by atoms with Crippen molar-refractivity contribution < 1.29 is 4.42 Å². The molecule has 3 heterocycles. The van der Waals surface area contributed by atoms with Crippen molar-refractivity contribution in [3.8, 4) is 0 Å². The minimum absolute atomic E-state index is 0.219. The van der Waals surface area contributed by atoms with Gasteiger partial charge >= 0.3 is 11.5 Å². The molecule has 25 heavy (non-hydrogen) atoms. The van der Waals surface area contributed by atoms with E-state index in [1.54, 1.807) is 11.4 Å². The van der Waals surface area contributed by atoms with Gasteiger partial charge in [0.05, 0.1) is 12.2 Å². The van der Waals surface area contributed by atoms with Crippen LogP contribution in [0, 0.1) is 20.8 Å². The SMILES string of the molecule is Cc1ccccc1Cn1c(=O)c2c(nc3oc(C)c(C)n32)n(C)c1=O. The van der Waals surface area contributed by atoms with Gasteiger partial charge in [-0.25, -0.2) is 4.79 Å². The van der Waals surface area contributed by atoms with Crippen molar-refractivity contribution in [2.45, 2.75) is 27.3 Å². The van der Waals surface area contributed by atoms with Crippen molar-refractivity contribution in [1.82, 2.24) is 18.5 Å². The zero-order chi connectivity index (χ0) is 17.9. The molecule has 0 bridgehead atoms. The number of fused-ring (bicyclic) bond motifs is 3. The van der Waals surface area contributed by atoms with Crippen LogP contribution < -0.4 is 11.2 Å². The third-order valence-corrected chi connectivity index (χ3v) is 4.79. The van der Waals surface area contributed by atoms with E-state index in [1.165, 1.54) is 9.13 Å². The number of aryl methyl sites for hydroxylation is 4. The fraction of sp³-hybridized carbons (Fsp3) is 0.278. The number of hydrogen-bond acceptors (Lipinski definition) is 4. The summed E-state index contributed by atoms with van der Waals surface area (Å²) in [5.41, 5.74) is 2.70.